The first-order valence-corrected chi connectivity index (χ1v) is 5.11. The van der Waals surface area contributed by atoms with E-state index >= 15 is 0 Å². The number of carbonyl (C=O) groups is 2. The first kappa shape index (κ1) is 16.3. The molecule has 1 aliphatic rings. The van der Waals surface area contributed by atoms with E-state index in [-0.39, 0.29) is 26.6 Å². The zero-order valence-corrected chi connectivity index (χ0v) is 11.4. The summed E-state index contributed by atoms with van der Waals surface area (Å²) in [4.78, 5) is 21.6. The van der Waals surface area contributed by atoms with Crippen molar-refractivity contribution in [3.63, 3.8) is 0 Å². The molecule has 0 spiro atoms. The van der Waals surface area contributed by atoms with Gasteiger partial charge in [-0.2, -0.15) is 0 Å². The second kappa shape index (κ2) is 6.28. The van der Waals surface area contributed by atoms with Crippen molar-refractivity contribution in [2.45, 2.75) is 37.3 Å². The molecular weight excluding hydrogens is 407 g/mol. The van der Waals surface area contributed by atoms with Crippen LogP contribution >= 0.6 is 0 Å². The summed E-state index contributed by atoms with van der Waals surface area (Å²) in [6, 6.07) is -0.511. The fourth-order valence-electron chi connectivity index (χ4n) is 2.08. The summed E-state index contributed by atoms with van der Waals surface area (Å²) < 4.78 is 0. The van der Waals surface area contributed by atoms with Crippen LogP contribution in [0.4, 0.5) is 0 Å². The van der Waals surface area contributed by atoms with Crippen LogP contribution < -0.4 is 11.5 Å². The van der Waals surface area contributed by atoms with Crippen LogP contribution in [0, 0.1) is 0 Å². The van der Waals surface area contributed by atoms with Crippen LogP contribution in [0.15, 0.2) is 11.6 Å². The molecule has 100 valence electrons. The van der Waals surface area contributed by atoms with Crippen LogP contribution in [0.2, 0.25) is 0 Å². The van der Waals surface area contributed by atoms with Gasteiger partial charge >= 0.3 is 11.9 Å². The zero-order valence-electron chi connectivity index (χ0n) is 9.16. The van der Waals surface area contributed by atoms with E-state index in [0.29, 0.717) is 18.9 Å². The number of hydrogen-bond acceptors (Lipinski definition) is 4. The maximum atomic E-state index is 11.0. The molecule has 0 aromatic heterocycles. The van der Waals surface area contributed by atoms with Gasteiger partial charge in [0, 0.05) is 33.2 Å². The Kier molecular flexibility index (Phi) is 6.02. The van der Waals surface area contributed by atoms with Crippen LogP contribution in [0.1, 0.15) is 25.7 Å². The van der Waals surface area contributed by atoms with Gasteiger partial charge < -0.3 is 21.7 Å². The molecule has 1 rings (SSSR count). The molecule has 1 aliphatic carbocycles. The van der Waals surface area contributed by atoms with E-state index in [9.17, 15) is 9.59 Å². The summed E-state index contributed by atoms with van der Waals surface area (Å²) in [5, 5.41) is 17.6. The average molecular weight is 423 g/mol. The molecule has 0 aromatic rings. The normalized spacial score (nSPS) is 29.3. The van der Waals surface area contributed by atoms with Crippen molar-refractivity contribution >= 4 is 11.9 Å². The third kappa shape index (κ3) is 3.63. The Bertz CT molecular complexity index is 345. The molecular formula is C10H16N2O4Pt. The molecule has 0 aliphatic heterocycles. The van der Waals surface area contributed by atoms with E-state index in [1.54, 1.807) is 0 Å². The molecule has 0 saturated heterocycles. The molecule has 0 heterocycles. The zero-order chi connectivity index (χ0) is 12.3. The van der Waals surface area contributed by atoms with E-state index in [1.807, 2.05) is 0 Å². The van der Waals surface area contributed by atoms with Crippen molar-refractivity contribution < 1.29 is 40.9 Å². The first-order valence-electron chi connectivity index (χ1n) is 5.11. The summed E-state index contributed by atoms with van der Waals surface area (Å²) in [7, 11) is 0. The summed E-state index contributed by atoms with van der Waals surface area (Å²) in [6.45, 7) is 0. The average Bonchev–Trinajstić information content (AvgIpc) is 2.18. The Morgan fingerprint density at radius 3 is 2.29 bits per heavy atom. The Morgan fingerprint density at radius 1 is 1.29 bits per heavy atom. The van der Waals surface area contributed by atoms with Gasteiger partial charge in [-0.1, -0.05) is 12.8 Å². The number of rotatable bonds is 3. The van der Waals surface area contributed by atoms with Crippen LogP contribution in [-0.4, -0.2) is 33.7 Å². The standard InChI is InChI=1S/C10H16N2O4.Pt/c11-7-3-1-2-4-10(7,12)6(9(15)16)5-8(13)14;/h5,7H,1-4,11-12H2,(H,13,14)(H,15,16);/b6-5+;. The minimum Gasteiger partial charge on any atom is -0.478 e. The second-order valence-corrected chi connectivity index (χ2v) is 4.09. The number of nitrogens with two attached hydrogens (primary N) is 2. The van der Waals surface area contributed by atoms with Crippen molar-refractivity contribution in [2.75, 3.05) is 0 Å². The van der Waals surface area contributed by atoms with E-state index < -0.39 is 23.5 Å². The summed E-state index contributed by atoms with van der Waals surface area (Å²) in [6.07, 6.45) is 3.31. The number of aliphatic carboxylic acids is 2. The summed E-state index contributed by atoms with van der Waals surface area (Å²) in [5.74, 6) is -2.64. The quantitative estimate of drug-likeness (QED) is 0.461. The maximum absolute atomic E-state index is 11.0. The number of carboxylic acids is 2. The third-order valence-corrected chi connectivity index (χ3v) is 3.02. The van der Waals surface area contributed by atoms with Crippen molar-refractivity contribution in [1.82, 2.24) is 0 Å². The molecule has 0 aromatic carbocycles. The molecule has 1 saturated carbocycles. The molecule has 6 nitrogen and oxygen atoms in total. The smallest absolute Gasteiger partial charge is 0.333 e. The Morgan fingerprint density at radius 2 is 1.88 bits per heavy atom. The predicted octanol–water partition coefficient (Wildman–Crippen LogP) is -0.322. The molecule has 1 fully saturated rings. The molecule has 2 unspecified atom stereocenters. The SMILES string of the molecule is NC1CCCCC1(N)/C(=C/C(=O)O)C(=O)O.[Pt]. The fourth-order valence-corrected chi connectivity index (χ4v) is 2.08. The van der Waals surface area contributed by atoms with Crippen LogP contribution in [0.5, 0.6) is 0 Å². The second-order valence-electron chi connectivity index (χ2n) is 4.09. The topological polar surface area (TPSA) is 127 Å². The monoisotopic (exact) mass is 423 g/mol. The van der Waals surface area contributed by atoms with Crippen LogP contribution in [0.3, 0.4) is 0 Å². The van der Waals surface area contributed by atoms with Gasteiger partial charge in [0.25, 0.3) is 0 Å². The Labute approximate surface area is 113 Å². The van der Waals surface area contributed by atoms with Crippen molar-refractivity contribution in [3.05, 3.63) is 11.6 Å². The van der Waals surface area contributed by atoms with Gasteiger partial charge in [0.15, 0.2) is 0 Å². The van der Waals surface area contributed by atoms with Gasteiger partial charge in [0.05, 0.1) is 11.1 Å². The van der Waals surface area contributed by atoms with Crippen molar-refractivity contribution in [1.29, 1.82) is 0 Å². The van der Waals surface area contributed by atoms with E-state index in [0.717, 1.165) is 12.8 Å². The van der Waals surface area contributed by atoms with Gasteiger partial charge in [-0.3, -0.25) is 0 Å². The van der Waals surface area contributed by atoms with Crippen LogP contribution in [-0.2, 0) is 30.7 Å². The molecule has 2 atom stereocenters. The van der Waals surface area contributed by atoms with Gasteiger partial charge in [-0.05, 0) is 12.8 Å². The molecule has 0 radical (unpaired) electrons. The summed E-state index contributed by atoms with van der Waals surface area (Å²) >= 11 is 0. The Hall–Kier alpha value is -0.712. The van der Waals surface area contributed by atoms with E-state index in [1.165, 1.54) is 0 Å². The van der Waals surface area contributed by atoms with Gasteiger partial charge in [-0.25, -0.2) is 9.59 Å². The minimum absolute atomic E-state index is 0. The Balaban J connectivity index is 0.00000256. The third-order valence-electron chi connectivity index (χ3n) is 3.02. The first-order chi connectivity index (χ1) is 7.38. The predicted molar refractivity (Wildman–Crippen MR) is 56.7 cm³/mol. The molecule has 0 bridgehead atoms. The largest absolute Gasteiger partial charge is 0.478 e. The number of hydrogen-bond donors (Lipinski definition) is 4. The fraction of sp³-hybridized carbons (Fsp3) is 0.600. The van der Waals surface area contributed by atoms with Crippen molar-refractivity contribution in [2.24, 2.45) is 11.5 Å². The van der Waals surface area contributed by atoms with Gasteiger partial charge in [0.2, 0.25) is 0 Å². The van der Waals surface area contributed by atoms with E-state index in [4.69, 9.17) is 21.7 Å². The molecule has 7 heteroatoms. The minimum atomic E-state index is -1.32. The van der Waals surface area contributed by atoms with Gasteiger partial charge in [0.1, 0.15) is 0 Å². The molecule has 17 heavy (non-hydrogen) atoms. The molecule has 6 N–H and O–H groups in total. The van der Waals surface area contributed by atoms with Gasteiger partial charge in [-0.15, -0.1) is 0 Å². The van der Waals surface area contributed by atoms with Crippen LogP contribution in [0.25, 0.3) is 0 Å². The summed E-state index contributed by atoms with van der Waals surface area (Å²) in [5.41, 5.74) is 10.2. The molecule has 0 amide bonds. The van der Waals surface area contributed by atoms with E-state index in [2.05, 4.69) is 0 Å². The number of carboxylic acid groups (broad SMARTS) is 2. The van der Waals surface area contributed by atoms with Crippen molar-refractivity contribution in [3.8, 4) is 0 Å². The maximum Gasteiger partial charge on any atom is 0.333 e.